The molecule has 3 heteroatoms. The number of nitrogens with zero attached hydrogens (tertiary/aromatic N) is 1. The fourth-order valence-electron chi connectivity index (χ4n) is 2.14. The Bertz CT molecular complexity index is 508. The molecule has 0 bridgehead atoms. The molecule has 19 heavy (non-hydrogen) atoms. The maximum Gasteiger partial charge on any atom is 0.254 e. The van der Waals surface area contributed by atoms with E-state index in [1.165, 1.54) is 0 Å². The third kappa shape index (κ3) is 3.15. The lowest BCUT2D eigenvalue weighted by atomic mass is 9.97. The predicted octanol–water partition coefficient (Wildman–Crippen LogP) is 2.26. The molecule has 100 valence electrons. The second kappa shape index (κ2) is 5.90. The van der Waals surface area contributed by atoms with E-state index in [-0.39, 0.29) is 5.91 Å². The van der Waals surface area contributed by atoms with Gasteiger partial charge in [-0.3, -0.25) is 4.79 Å². The second-order valence-electron chi connectivity index (χ2n) is 5.05. The van der Waals surface area contributed by atoms with Crippen molar-refractivity contribution in [2.45, 2.75) is 19.8 Å². The molecule has 1 aromatic rings. The largest absolute Gasteiger partial charge is 0.378 e. The van der Waals surface area contributed by atoms with Gasteiger partial charge in [0.05, 0.1) is 13.2 Å². The van der Waals surface area contributed by atoms with Gasteiger partial charge in [0.2, 0.25) is 0 Å². The first kappa shape index (κ1) is 13.6. The van der Waals surface area contributed by atoms with Crippen LogP contribution >= 0.6 is 0 Å². The SMILES string of the molecule is C#Cc1cc(C(=O)N2CCOCC2)cc(C(C)C)c1. The monoisotopic (exact) mass is 257 g/mol. The van der Waals surface area contributed by atoms with Crippen molar-refractivity contribution in [3.05, 3.63) is 34.9 Å². The summed E-state index contributed by atoms with van der Waals surface area (Å²) in [6, 6.07) is 5.72. The Kier molecular flexibility index (Phi) is 4.24. The van der Waals surface area contributed by atoms with E-state index in [4.69, 9.17) is 11.2 Å². The number of terminal acetylenes is 1. The van der Waals surface area contributed by atoms with Crippen molar-refractivity contribution >= 4 is 5.91 Å². The van der Waals surface area contributed by atoms with E-state index in [0.717, 1.165) is 11.1 Å². The average Bonchev–Trinajstić information content (AvgIpc) is 2.46. The lowest BCUT2D eigenvalue weighted by Crippen LogP contribution is -2.40. The molecule has 0 aromatic heterocycles. The Hall–Kier alpha value is -1.79. The first-order valence-electron chi connectivity index (χ1n) is 6.60. The molecule has 0 saturated carbocycles. The highest BCUT2D eigenvalue weighted by molar-refractivity contribution is 5.95. The summed E-state index contributed by atoms with van der Waals surface area (Å²) in [6.45, 7) is 6.71. The molecule has 0 spiro atoms. The van der Waals surface area contributed by atoms with Crippen LogP contribution in [0, 0.1) is 12.3 Å². The quantitative estimate of drug-likeness (QED) is 0.761. The number of ether oxygens (including phenoxy) is 1. The van der Waals surface area contributed by atoms with Crippen molar-refractivity contribution in [3.8, 4) is 12.3 Å². The number of benzene rings is 1. The van der Waals surface area contributed by atoms with Crippen molar-refractivity contribution in [3.63, 3.8) is 0 Å². The van der Waals surface area contributed by atoms with Gasteiger partial charge in [-0.2, -0.15) is 0 Å². The molecule has 1 saturated heterocycles. The van der Waals surface area contributed by atoms with E-state index in [9.17, 15) is 4.79 Å². The number of carbonyl (C=O) groups excluding carboxylic acids is 1. The lowest BCUT2D eigenvalue weighted by molar-refractivity contribution is 0.0303. The summed E-state index contributed by atoms with van der Waals surface area (Å²) >= 11 is 0. The first-order valence-corrected chi connectivity index (χ1v) is 6.60. The van der Waals surface area contributed by atoms with Gasteiger partial charge in [0.15, 0.2) is 0 Å². The van der Waals surface area contributed by atoms with Gasteiger partial charge in [-0.05, 0) is 29.7 Å². The zero-order chi connectivity index (χ0) is 13.8. The Labute approximate surface area is 114 Å². The molecule has 3 nitrogen and oxygen atoms in total. The van der Waals surface area contributed by atoms with Crippen LogP contribution in [0.15, 0.2) is 18.2 Å². The van der Waals surface area contributed by atoms with E-state index >= 15 is 0 Å². The van der Waals surface area contributed by atoms with Gasteiger partial charge in [-0.1, -0.05) is 19.8 Å². The standard InChI is InChI=1S/C16H19NO2/c1-4-13-9-14(12(2)3)11-15(10-13)16(18)17-5-7-19-8-6-17/h1,9-12H,5-8H2,2-3H3. The highest BCUT2D eigenvalue weighted by Crippen LogP contribution is 2.19. The average molecular weight is 257 g/mol. The molecule has 1 fully saturated rings. The summed E-state index contributed by atoms with van der Waals surface area (Å²) in [4.78, 5) is 14.3. The lowest BCUT2D eigenvalue weighted by Gasteiger charge is -2.27. The number of hydrogen-bond acceptors (Lipinski definition) is 2. The summed E-state index contributed by atoms with van der Waals surface area (Å²) in [5.74, 6) is 3.02. The van der Waals surface area contributed by atoms with Gasteiger partial charge in [0.25, 0.3) is 5.91 Å². The van der Waals surface area contributed by atoms with Crippen LogP contribution in [-0.4, -0.2) is 37.1 Å². The highest BCUT2D eigenvalue weighted by Gasteiger charge is 2.19. The first-order chi connectivity index (χ1) is 9.11. The van der Waals surface area contributed by atoms with Gasteiger partial charge in [-0.25, -0.2) is 0 Å². The van der Waals surface area contributed by atoms with Crippen molar-refractivity contribution in [1.29, 1.82) is 0 Å². The molecule has 0 radical (unpaired) electrons. The van der Waals surface area contributed by atoms with Crippen molar-refractivity contribution in [2.24, 2.45) is 0 Å². The van der Waals surface area contributed by atoms with E-state index in [1.54, 1.807) is 6.07 Å². The smallest absolute Gasteiger partial charge is 0.254 e. The summed E-state index contributed by atoms with van der Waals surface area (Å²) in [6.07, 6.45) is 5.47. The van der Waals surface area contributed by atoms with Crippen LogP contribution in [0.25, 0.3) is 0 Å². The molecule has 0 unspecified atom stereocenters. The summed E-state index contributed by atoms with van der Waals surface area (Å²) < 4.78 is 5.27. The Morgan fingerprint density at radius 1 is 1.32 bits per heavy atom. The van der Waals surface area contributed by atoms with E-state index in [0.29, 0.717) is 37.8 Å². The number of carbonyl (C=O) groups is 1. The minimum atomic E-state index is 0.0438. The van der Waals surface area contributed by atoms with Crippen molar-refractivity contribution in [2.75, 3.05) is 26.3 Å². The fourth-order valence-corrected chi connectivity index (χ4v) is 2.14. The topological polar surface area (TPSA) is 29.5 Å². The Balaban J connectivity index is 2.30. The van der Waals surface area contributed by atoms with Gasteiger partial charge >= 0.3 is 0 Å². The van der Waals surface area contributed by atoms with Crippen LogP contribution in [0.4, 0.5) is 0 Å². The van der Waals surface area contributed by atoms with E-state index < -0.39 is 0 Å². The van der Waals surface area contributed by atoms with Gasteiger partial charge < -0.3 is 9.64 Å². The third-order valence-corrected chi connectivity index (χ3v) is 3.33. The molecule has 2 rings (SSSR count). The molecule has 1 aromatic carbocycles. The highest BCUT2D eigenvalue weighted by atomic mass is 16.5. The van der Waals surface area contributed by atoms with Crippen molar-refractivity contribution in [1.82, 2.24) is 4.90 Å². The van der Waals surface area contributed by atoms with Gasteiger partial charge in [0.1, 0.15) is 0 Å². The van der Waals surface area contributed by atoms with Gasteiger partial charge in [-0.15, -0.1) is 6.42 Å². The van der Waals surface area contributed by atoms with Gasteiger partial charge in [0, 0.05) is 24.2 Å². The van der Waals surface area contributed by atoms with Crippen molar-refractivity contribution < 1.29 is 9.53 Å². The second-order valence-corrected chi connectivity index (χ2v) is 5.05. The minimum Gasteiger partial charge on any atom is -0.378 e. The number of morpholine rings is 1. The Morgan fingerprint density at radius 2 is 2.00 bits per heavy atom. The number of hydrogen-bond donors (Lipinski definition) is 0. The van der Waals surface area contributed by atoms with Crippen LogP contribution in [0.1, 0.15) is 41.3 Å². The molecular formula is C16H19NO2. The summed E-state index contributed by atoms with van der Waals surface area (Å²) in [5.41, 5.74) is 2.55. The normalized spacial score (nSPS) is 15.4. The maximum absolute atomic E-state index is 12.4. The zero-order valence-electron chi connectivity index (χ0n) is 11.5. The fraction of sp³-hybridized carbons (Fsp3) is 0.438. The molecule has 0 N–H and O–H groups in total. The molecule has 0 aliphatic carbocycles. The van der Waals surface area contributed by atoms with Crippen LogP contribution in [0.5, 0.6) is 0 Å². The predicted molar refractivity (Wildman–Crippen MR) is 75.2 cm³/mol. The third-order valence-electron chi connectivity index (χ3n) is 3.33. The van der Waals surface area contributed by atoms with Crippen LogP contribution in [0.2, 0.25) is 0 Å². The summed E-state index contributed by atoms with van der Waals surface area (Å²) in [7, 11) is 0. The molecule has 1 heterocycles. The molecule has 0 atom stereocenters. The minimum absolute atomic E-state index is 0.0438. The molecule has 1 aliphatic heterocycles. The number of amides is 1. The maximum atomic E-state index is 12.4. The van der Waals surface area contributed by atoms with E-state index in [1.807, 2.05) is 17.0 Å². The summed E-state index contributed by atoms with van der Waals surface area (Å²) in [5, 5.41) is 0. The molecule has 1 aliphatic rings. The molecular weight excluding hydrogens is 238 g/mol. The van der Waals surface area contributed by atoms with Crippen LogP contribution in [-0.2, 0) is 4.74 Å². The Morgan fingerprint density at radius 3 is 2.58 bits per heavy atom. The van der Waals surface area contributed by atoms with Crippen LogP contribution in [0.3, 0.4) is 0 Å². The van der Waals surface area contributed by atoms with Crippen LogP contribution < -0.4 is 0 Å². The zero-order valence-corrected chi connectivity index (χ0v) is 11.5. The van der Waals surface area contributed by atoms with E-state index in [2.05, 4.69) is 19.8 Å². The number of rotatable bonds is 2. The molecule has 1 amide bonds.